The molecule has 0 saturated carbocycles. The molecule has 2 amide bonds. The number of benzene rings is 1. The number of imidazole rings is 1. The highest BCUT2D eigenvalue weighted by molar-refractivity contribution is 5.81. The van der Waals surface area contributed by atoms with Crippen molar-refractivity contribution in [3.05, 3.63) is 30.6 Å². The molecule has 0 radical (unpaired) electrons. The summed E-state index contributed by atoms with van der Waals surface area (Å²) in [5.74, 6) is -0.107. The standard InChI is InChI=1S/C18H25N5O2/c1-19-18(25)14-11-21(2)9-10-22(12-14)17(24)7-8-23-13-20-15-5-3-4-6-16(15)23/h3-6,13-14H,7-12H2,1-2H3,(H,19,25)/t14-/m0/s1. The zero-order valence-electron chi connectivity index (χ0n) is 14.8. The maximum absolute atomic E-state index is 12.7. The third kappa shape index (κ3) is 3.99. The molecule has 134 valence electrons. The van der Waals surface area contributed by atoms with E-state index in [1.54, 1.807) is 13.4 Å². The maximum Gasteiger partial charge on any atom is 0.225 e. The summed E-state index contributed by atoms with van der Waals surface area (Å²) >= 11 is 0. The molecular formula is C18H25N5O2. The minimum absolute atomic E-state index is 0.00727. The number of aromatic nitrogens is 2. The van der Waals surface area contributed by atoms with Gasteiger partial charge in [-0.25, -0.2) is 4.98 Å². The molecule has 7 heteroatoms. The second-order valence-electron chi connectivity index (χ2n) is 6.59. The Bertz CT molecular complexity index is 757. The van der Waals surface area contributed by atoms with Gasteiger partial charge in [0, 0.05) is 46.2 Å². The van der Waals surface area contributed by atoms with Gasteiger partial charge < -0.3 is 19.7 Å². The average molecular weight is 343 g/mol. The molecule has 0 bridgehead atoms. The fourth-order valence-corrected chi connectivity index (χ4v) is 3.33. The lowest BCUT2D eigenvalue weighted by Crippen LogP contribution is -2.41. The van der Waals surface area contributed by atoms with Gasteiger partial charge in [-0.1, -0.05) is 12.1 Å². The Hall–Kier alpha value is -2.41. The van der Waals surface area contributed by atoms with Crippen molar-refractivity contribution < 1.29 is 9.59 Å². The highest BCUT2D eigenvalue weighted by Crippen LogP contribution is 2.14. The van der Waals surface area contributed by atoms with Gasteiger partial charge in [-0.3, -0.25) is 9.59 Å². The average Bonchev–Trinajstić information content (AvgIpc) is 2.93. The van der Waals surface area contributed by atoms with E-state index in [2.05, 4.69) is 15.2 Å². The Balaban J connectivity index is 1.64. The van der Waals surface area contributed by atoms with Gasteiger partial charge in [0.15, 0.2) is 0 Å². The molecule has 2 heterocycles. The summed E-state index contributed by atoms with van der Waals surface area (Å²) in [5.41, 5.74) is 1.97. The number of para-hydroxylation sites is 2. The topological polar surface area (TPSA) is 70.5 Å². The number of rotatable bonds is 4. The number of aryl methyl sites for hydroxylation is 1. The van der Waals surface area contributed by atoms with Crippen LogP contribution in [0.3, 0.4) is 0 Å². The van der Waals surface area contributed by atoms with Crippen LogP contribution < -0.4 is 5.32 Å². The number of likely N-dealkylation sites (N-methyl/N-ethyl adjacent to an activating group) is 1. The summed E-state index contributed by atoms with van der Waals surface area (Å²) in [4.78, 5) is 33.0. The number of nitrogens with one attached hydrogen (secondary N) is 1. The first-order valence-corrected chi connectivity index (χ1v) is 8.66. The lowest BCUT2D eigenvalue weighted by Gasteiger charge is -2.23. The Morgan fingerprint density at radius 1 is 1.24 bits per heavy atom. The number of hydrogen-bond acceptors (Lipinski definition) is 4. The second kappa shape index (κ2) is 7.65. The summed E-state index contributed by atoms with van der Waals surface area (Å²) in [6, 6.07) is 7.90. The first-order valence-electron chi connectivity index (χ1n) is 8.66. The van der Waals surface area contributed by atoms with Crippen LogP contribution in [-0.4, -0.2) is 71.4 Å². The van der Waals surface area contributed by atoms with Gasteiger partial charge in [-0.05, 0) is 19.2 Å². The zero-order valence-corrected chi connectivity index (χ0v) is 14.8. The van der Waals surface area contributed by atoms with Gasteiger partial charge in [0.25, 0.3) is 0 Å². The fourth-order valence-electron chi connectivity index (χ4n) is 3.33. The van der Waals surface area contributed by atoms with Crippen molar-refractivity contribution >= 4 is 22.8 Å². The molecule has 25 heavy (non-hydrogen) atoms. The lowest BCUT2D eigenvalue weighted by atomic mass is 10.1. The molecule has 0 spiro atoms. The van der Waals surface area contributed by atoms with Crippen LogP contribution in [0.25, 0.3) is 11.0 Å². The monoisotopic (exact) mass is 343 g/mol. The van der Waals surface area contributed by atoms with Crippen molar-refractivity contribution in [1.29, 1.82) is 0 Å². The predicted octanol–water partition coefficient (Wildman–Crippen LogP) is 0.563. The van der Waals surface area contributed by atoms with E-state index in [4.69, 9.17) is 0 Å². The molecule has 1 fully saturated rings. The normalized spacial score (nSPS) is 19.0. The first kappa shape index (κ1) is 17.4. The summed E-state index contributed by atoms with van der Waals surface area (Å²) in [6.07, 6.45) is 2.19. The predicted molar refractivity (Wildman–Crippen MR) is 96.0 cm³/mol. The number of fused-ring (bicyclic) bond motifs is 1. The van der Waals surface area contributed by atoms with Gasteiger partial charge >= 0.3 is 0 Å². The summed E-state index contributed by atoms with van der Waals surface area (Å²) in [6.45, 7) is 3.19. The van der Waals surface area contributed by atoms with Crippen LogP contribution in [-0.2, 0) is 16.1 Å². The SMILES string of the molecule is CNC(=O)[C@H]1CN(C)CCN(C(=O)CCn2cnc3ccccc32)C1. The summed E-state index contributed by atoms with van der Waals surface area (Å²) < 4.78 is 2.01. The molecule has 0 unspecified atom stereocenters. The van der Waals surface area contributed by atoms with Crippen LogP contribution in [0.5, 0.6) is 0 Å². The van der Waals surface area contributed by atoms with Gasteiger partial charge in [-0.2, -0.15) is 0 Å². The molecule has 1 atom stereocenters. The lowest BCUT2D eigenvalue weighted by molar-refractivity contribution is -0.133. The van der Waals surface area contributed by atoms with E-state index >= 15 is 0 Å². The third-order valence-corrected chi connectivity index (χ3v) is 4.79. The minimum Gasteiger partial charge on any atom is -0.359 e. The molecule has 1 N–H and O–H groups in total. The Kier molecular flexibility index (Phi) is 5.33. The number of nitrogens with zero attached hydrogens (tertiary/aromatic N) is 4. The third-order valence-electron chi connectivity index (χ3n) is 4.79. The van der Waals surface area contributed by atoms with E-state index in [1.807, 2.05) is 40.8 Å². The molecule has 2 aromatic rings. The minimum atomic E-state index is -0.185. The molecule has 1 aromatic carbocycles. The van der Waals surface area contributed by atoms with E-state index in [9.17, 15) is 9.59 Å². The molecular weight excluding hydrogens is 318 g/mol. The molecule has 1 aliphatic rings. The molecule has 1 aromatic heterocycles. The van der Waals surface area contributed by atoms with Crippen LogP contribution in [0.15, 0.2) is 30.6 Å². The molecule has 1 aliphatic heterocycles. The van der Waals surface area contributed by atoms with Crippen molar-refractivity contribution in [2.24, 2.45) is 5.92 Å². The number of carbonyl (C=O) groups is 2. The molecule has 0 aliphatic carbocycles. The molecule has 7 nitrogen and oxygen atoms in total. The van der Waals surface area contributed by atoms with E-state index in [1.165, 1.54) is 0 Å². The van der Waals surface area contributed by atoms with Gasteiger partial charge in [0.2, 0.25) is 11.8 Å². The van der Waals surface area contributed by atoms with Gasteiger partial charge in [-0.15, -0.1) is 0 Å². The fraction of sp³-hybridized carbons (Fsp3) is 0.500. The van der Waals surface area contributed by atoms with Crippen molar-refractivity contribution in [3.63, 3.8) is 0 Å². The van der Waals surface area contributed by atoms with Crippen LogP contribution in [0.4, 0.5) is 0 Å². The largest absolute Gasteiger partial charge is 0.359 e. The van der Waals surface area contributed by atoms with Crippen LogP contribution in [0.2, 0.25) is 0 Å². The Morgan fingerprint density at radius 3 is 2.84 bits per heavy atom. The van der Waals surface area contributed by atoms with E-state index < -0.39 is 0 Å². The highest BCUT2D eigenvalue weighted by Gasteiger charge is 2.28. The number of hydrogen-bond donors (Lipinski definition) is 1. The molecule has 3 rings (SSSR count). The maximum atomic E-state index is 12.7. The Morgan fingerprint density at radius 2 is 2.04 bits per heavy atom. The van der Waals surface area contributed by atoms with Crippen molar-refractivity contribution in [2.75, 3.05) is 40.3 Å². The van der Waals surface area contributed by atoms with Crippen molar-refractivity contribution in [1.82, 2.24) is 24.7 Å². The van der Waals surface area contributed by atoms with Crippen molar-refractivity contribution in [3.8, 4) is 0 Å². The van der Waals surface area contributed by atoms with Crippen molar-refractivity contribution in [2.45, 2.75) is 13.0 Å². The zero-order chi connectivity index (χ0) is 17.8. The summed E-state index contributed by atoms with van der Waals surface area (Å²) in [7, 11) is 3.63. The van der Waals surface area contributed by atoms with E-state index in [0.717, 1.165) is 17.6 Å². The number of amides is 2. The first-order chi connectivity index (χ1) is 12.1. The van der Waals surface area contributed by atoms with Crippen LogP contribution >= 0.6 is 0 Å². The summed E-state index contributed by atoms with van der Waals surface area (Å²) in [5, 5.41) is 2.70. The van der Waals surface area contributed by atoms with E-state index in [0.29, 0.717) is 32.6 Å². The van der Waals surface area contributed by atoms with Gasteiger partial charge in [0.05, 0.1) is 23.3 Å². The second-order valence-corrected chi connectivity index (χ2v) is 6.59. The van der Waals surface area contributed by atoms with Gasteiger partial charge in [0.1, 0.15) is 0 Å². The molecule has 1 saturated heterocycles. The van der Waals surface area contributed by atoms with Crippen LogP contribution in [0, 0.1) is 5.92 Å². The highest BCUT2D eigenvalue weighted by atomic mass is 16.2. The smallest absolute Gasteiger partial charge is 0.225 e. The Labute approximate surface area is 147 Å². The van der Waals surface area contributed by atoms with E-state index in [-0.39, 0.29) is 17.7 Å². The van der Waals surface area contributed by atoms with Crippen LogP contribution in [0.1, 0.15) is 6.42 Å². The number of carbonyl (C=O) groups excluding carboxylic acids is 2. The quantitative estimate of drug-likeness (QED) is 0.881.